The SMILES string of the molecule is CCCc1n(C)cc[n+]1C.[I-]. The van der Waals surface area contributed by atoms with Gasteiger partial charge in [-0.3, -0.25) is 0 Å². The zero-order chi connectivity index (χ0) is 7.56. The predicted octanol–water partition coefficient (Wildman–Crippen LogP) is -2.19. The standard InChI is InChI=1S/C8H15N2.HI/c1-4-5-8-9(2)6-7-10(8)3;/h6-7H,4-5H2,1-3H3;1H/q+1;/p-1. The van der Waals surface area contributed by atoms with Crippen LogP contribution in [0.25, 0.3) is 0 Å². The van der Waals surface area contributed by atoms with Gasteiger partial charge < -0.3 is 24.0 Å². The molecule has 2 nitrogen and oxygen atoms in total. The highest BCUT2D eigenvalue weighted by Gasteiger charge is 2.07. The fourth-order valence-corrected chi connectivity index (χ4v) is 1.20. The van der Waals surface area contributed by atoms with E-state index in [9.17, 15) is 0 Å². The van der Waals surface area contributed by atoms with E-state index >= 15 is 0 Å². The summed E-state index contributed by atoms with van der Waals surface area (Å²) in [5.74, 6) is 1.39. The van der Waals surface area contributed by atoms with E-state index in [1.807, 2.05) is 0 Å². The van der Waals surface area contributed by atoms with Gasteiger partial charge in [0.15, 0.2) is 0 Å². The van der Waals surface area contributed by atoms with Crippen LogP contribution in [0.4, 0.5) is 0 Å². The zero-order valence-electron chi connectivity index (χ0n) is 7.34. The van der Waals surface area contributed by atoms with Gasteiger partial charge in [-0.25, -0.2) is 9.13 Å². The Morgan fingerprint density at radius 2 is 2.18 bits per heavy atom. The van der Waals surface area contributed by atoms with Gasteiger partial charge in [-0.1, -0.05) is 6.92 Å². The van der Waals surface area contributed by atoms with E-state index in [-0.39, 0.29) is 24.0 Å². The quantitative estimate of drug-likeness (QED) is 0.424. The van der Waals surface area contributed by atoms with Crippen molar-refractivity contribution in [1.82, 2.24) is 4.57 Å². The predicted molar refractivity (Wildman–Crippen MR) is 40.6 cm³/mol. The van der Waals surface area contributed by atoms with Crippen molar-refractivity contribution in [3.63, 3.8) is 0 Å². The Hall–Kier alpha value is -0.0600. The van der Waals surface area contributed by atoms with E-state index in [2.05, 4.69) is 42.5 Å². The lowest BCUT2D eigenvalue weighted by Crippen LogP contribution is -3.00. The Balaban J connectivity index is 0.000001000. The Morgan fingerprint density at radius 1 is 1.55 bits per heavy atom. The van der Waals surface area contributed by atoms with Crippen LogP contribution in [0.1, 0.15) is 19.2 Å². The van der Waals surface area contributed by atoms with Crippen LogP contribution < -0.4 is 28.5 Å². The molecule has 64 valence electrons. The van der Waals surface area contributed by atoms with Crippen LogP contribution >= 0.6 is 0 Å². The summed E-state index contributed by atoms with van der Waals surface area (Å²) in [5, 5.41) is 0. The van der Waals surface area contributed by atoms with Gasteiger partial charge in [-0.05, 0) is 6.42 Å². The van der Waals surface area contributed by atoms with Crippen molar-refractivity contribution >= 4 is 0 Å². The van der Waals surface area contributed by atoms with Crippen molar-refractivity contribution in [2.75, 3.05) is 0 Å². The van der Waals surface area contributed by atoms with Crippen LogP contribution in [-0.4, -0.2) is 4.57 Å². The molecule has 1 heterocycles. The maximum absolute atomic E-state index is 2.20. The van der Waals surface area contributed by atoms with E-state index in [1.54, 1.807) is 0 Å². The molecule has 0 fully saturated rings. The Kier molecular flexibility index (Phi) is 4.72. The van der Waals surface area contributed by atoms with Crippen molar-refractivity contribution in [2.45, 2.75) is 19.8 Å². The first-order chi connectivity index (χ1) is 4.75. The van der Waals surface area contributed by atoms with Gasteiger partial charge in [-0.2, -0.15) is 0 Å². The maximum atomic E-state index is 2.20. The molecule has 0 N–H and O–H groups in total. The minimum absolute atomic E-state index is 0. The van der Waals surface area contributed by atoms with Gasteiger partial charge in [0.2, 0.25) is 0 Å². The van der Waals surface area contributed by atoms with E-state index < -0.39 is 0 Å². The number of aryl methyl sites for hydroxylation is 2. The van der Waals surface area contributed by atoms with Crippen LogP contribution in [0.15, 0.2) is 12.4 Å². The second kappa shape index (κ2) is 4.74. The third-order valence-corrected chi connectivity index (χ3v) is 1.80. The molecular weight excluding hydrogens is 251 g/mol. The van der Waals surface area contributed by atoms with Gasteiger partial charge in [-0.15, -0.1) is 0 Å². The summed E-state index contributed by atoms with van der Waals surface area (Å²) in [7, 11) is 4.18. The molecule has 1 rings (SSSR count). The van der Waals surface area contributed by atoms with Crippen LogP contribution in [0.3, 0.4) is 0 Å². The summed E-state index contributed by atoms with van der Waals surface area (Å²) in [4.78, 5) is 0. The lowest BCUT2D eigenvalue weighted by Gasteiger charge is -1.93. The minimum Gasteiger partial charge on any atom is -1.00 e. The molecular formula is C8H15IN2. The van der Waals surface area contributed by atoms with Gasteiger partial charge in [0.05, 0.1) is 14.1 Å². The summed E-state index contributed by atoms with van der Waals surface area (Å²) in [6.45, 7) is 2.20. The van der Waals surface area contributed by atoms with Crippen molar-refractivity contribution in [3.8, 4) is 0 Å². The monoisotopic (exact) mass is 266 g/mol. The second-order valence-corrected chi connectivity index (χ2v) is 2.69. The summed E-state index contributed by atoms with van der Waals surface area (Å²) in [6, 6.07) is 0. The zero-order valence-corrected chi connectivity index (χ0v) is 9.50. The van der Waals surface area contributed by atoms with Crippen LogP contribution in [0.2, 0.25) is 0 Å². The highest BCUT2D eigenvalue weighted by atomic mass is 127. The summed E-state index contributed by atoms with van der Waals surface area (Å²) in [6.07, 6.45) is 6.56. The molecule has 0 aliphatic rings. The van der Waals surface area contributed by atoms with Gasteiger partial charge in [0, 0.05) is 6.42 Å². The molecule has 3 heteroatoms. The topological polar surface area (TPSA) is 8.81 Å². The number of hydrogen-bond donors (Lipinski definition) is 0. The molecule has 0 aliphatic carbocycles. The highest BCUT2D eigenvalue weighted by molar-refractivity contribution is 4.81. The molecule has 0 spiro atoms. The van der Waals surface area contributed by atoms with Crippen molar-refractivity contribution < 1.29 is 28.5 Å². The molecule has 0 radical (unpaired) electrons. The number of rotatable bonds is 2. The first-order valence-electron chi connectivity index (χ1n) is 3.75. The van der Waals surface area contributed by atoms with Gasteiger partial charge in [0.1, 0.15) is 12.4 Å². The number of halogens is 1. The molecule has 0 aliphatic heterocycles. The second-order valence-electron chi connectivity index (χ2n) is 2.69. The summed E-state index contributed by atoms with van der Waals surface area (Å²) in [5.41, 5.74) is 0. The van der Waals surface area contributed by atoms with Gasteiger partial charge >= 0.3 is 0 Å². The minimum atomic E-state index is 0. The molecule has 1 aromatic rings. The van der Waals surface area contributed by atoms with Crippen LogP contribution in [0.5, 0.6) is 0 Å². The van der Waals surface area contributed by atoms with E-state index in [4.69, 9.17) is 0 Å². The summed E-state index contributed by atoms with van der Waals surface area (Å²) >= 11 is 0. The lowest BCUT2D eigenvalue weighted by molar-refractivity contribution is -0.678. The molecule has 0 bridgehead atoms. The highest BCUT2D eigenvalue weighted by Crippen LogP contribution is 1.94. The lowest BCUT2D eigenvalue weighted by atomic mass is 10.3. The van der Waals surface area contributed by atoms with Crippen LogP contribution in [-0.2, 0) is 20.5 Å². The first kappa shape index (κ1) is 10.9. The molecule has 0 saturated heterocycles. The first-order valence-corrected chi connectivity index (χ1v) is 3.75. The fraction of sp³-hybridized carbons (Fsp3) is 0.625. The average molecular weight is 266 g/mol. The van der Waals surface area contributed by atoms with E-state index in [0.29, 0.717) is 0 Å². The molecule has 0 saturated carbocycles. The van der Waals surface area contributed by atoms with Gasteiger partial charge in [0.25, 0.3) is 5.82 Å². The Bertz CT molecular complexity index is 198. The number of hydrogen-bond acceptors (Lipinski definition) is 0. The number of nitrogens with zero attached hydrogens (tertiary/aromatic N) is 2. The number of aromatic nitrogens is 2. The number of imidazole rings is 1. The normalized spacial score (nSPS) is 9.36. The molecule has 0 atom stereocenters. The molecule has 11 heavy (non-hydrogen) atoms. The Labute approximate surface area is 85.2 Å². The molecule has 1 aromatic heterocycles. The smallest absolute Gasteiger partial charge is 0.255 e. The van der Waals surface area contributed by atoms with E-state index in [1.165, 1.54) is 18.7 Å². The fourth-order valence-electron chi connectivity index (χ4n) is 1.20. The maximum Gasteiger partial charge on any atom is 0.255 e. The molecule has 0 unspecified atom stereocenters. The third-order valence-electron chi connectivity index (χ3n) is 1.80. The Morgan fingerprint density at radius 3 is 2.55 bits per heavy atom. The van der Waals surface area contributed by atoms with Crippen molar-refractivity contribution in [3.05, 3.63) is 18.2 Å². The van der Waals surface area contributed by atoms with Crippen molar-refractivity contribution in [2.24, 2.45) is 14.1 Å². The molecule has 0 amide bonds. The van der Waals surface area contributed by atoms with Crippen LogP contribution in [0, 0.1) is 0 Å². The average Bonchev–Trinajstić information content (AvgIpc) is 2.20. The van der Waals surface area contributed by atoms with E-state index in [0.717, 1.165) is 0 Å². The summed E-state index contributed by atoms with van der Waals surface area (Å²) < 4.78 is 4.34. The molecule has 0 aromatic carbocycles. The largest absolute Gasteiger partial charge is 1.00 e. The van der Waals surface area contributed by atoms with Crippen molar-refractivity contribution in [1.29, 1.82) is 0 Å². The third kappa shape index (κ3) is 2.47.